The van der Waals surface area contributed by atoms with Crippen molar-refractivity contribution < 1.29 is 13.6 Å². The number of nitrogens with one attached hydrogen (secondary N) is 2. The molecule has 1 aromatic heterocycles. The molecule has 0 atom stereocenters. The number of carbonyl (C=O) groups excluding carboxylic acids is 1. The van der Waals surface area contributed by atoms with Gasteiger partial charge in [-0.15, -0.1) is 0 Å². The number of carbonyl (C=O) groups is 1. The number of rotatable bonds is 5. The van der Waals surface area contributed by atoms with Crippen LogP contribution in [0, 0.1) is 11.6 Å². The highest BCUT2D eigenvalue weighted by Gasteiger charge is 2.12. The summed E-state index contributed by atoms with van der Waals surface area (Å²) in [6.07, 6.45) is 0.345. The van der Waals surface area contributed by atoms with E-state index in [4.69, 9.17) is 11.6 Å². The predicted octanol–water partition coefficient (Wildman–Crippen LogP) is 3.51. The van der Waals surface area contributed by atoms with E-state index in [1.807, 2.05) is 12.1 Å². The van der Waals surface area contributed by atoms with Crippen LogP contribution in [0.2, 0.25) is 5.02 Å². The summed E-state index contributed by atoms with van der Waals surface area (Å²) >= 11 is 5.83. The fourth-order valence-electron chi connectivity index (χ4n) is 2.22. The van der Waals surface area contributed by atoms with Gasteiger partial charge < -0.3 is 5.32 Å². The molecule has 25 heavy (non-hydrogen) atoms. The SMILES string of the molecule is O=C(Cc1n[nH]c(Cc2ccc(Cl)cc2)n1)Nc1cc(F)ccc1F. The summed E-state index contributed by atoms with van der Waals surface area (Å²) in [6.45, 7) is 0. The maximum Gasteiger partial charge on any atom is 0.232 e. The molecule has 0 unspecified atom stereocenters. The van der Waals surface area contributed by atoms with Crippen molar-refractivity contribution in [1.29, 1.82) is 0 Å². The summed E-state index contributed by atoms with van der Waals surface area (Å²) < 4.78 is 26.6. The van der Waals surface area contributed by atoms with Crippen molar-refractivity contribution in [2.24, 2.45) is 0 Å². The van der Waals surface area contributed by atoms with Crippen LogP contribution in [0.5, 0.6) is 0 Å². The van der Waals surface area contributed by atoms with Crippen LogP contribution < -0.4 is 5.32 Å². The molecule has 0 saturated carbocycles. The van der Waals surface area contributed by atoms with Crippen molar-refractivity contribution in [1.82, 2.24) is 15.2 Å². The maximum absolute atomic E-state index is 13.5. The molecule has 0 bridgehead atoms. The monoisotopic (exact) mass is 362 g/mol. The van der Waals surface area contributed by atoms with Gasteiger partial charge >= 0.3 is 0 Å². The van der Waals surface area contributed by atoms with Crippen LogP contribution >= 0.6 is 11.6 Å². The first-order valence-corrected chi connectivity index (χ1v) is 7.77. The molecule has 2 aromatic carbocycles. The predicted molar refractivity (Wildman–Crippen MR) is 89.3 cm³/mol. The van der Waals surface area contributed by atoms with Gasteiger partial charge in [-0.3, -0.25) is 9.89 Å². The van der Waals surface area contributed by atoms with E-state index in [-0.39, 0.29) is 17.9 Å². The third-order valence-corrected chi connectivity index (χ3v) is 3.64. The Bertz CT molecular complexity index is 896. The first kappa shape index (κ1) is 17.0. The fourth-order valence-corrected chi connectivity index (χ4v) is 2.35. The van der Waals surface area contributed by atoms with Crippen LogP contribution in [0.3, 0.4) is 0 Å². The number of nitrogens with zero attached hydrogens (tertiary/aromatic N) is 2. The van der Waals surface area contributed by atoms with Crippen molar-refractivity contribution in [3.05, 3.63) is 76.3 Å². The molecular weight excluding hydrogens is 350 g/mol. The summed E-state index contributed by atoms with van der Waals surface area (Å²) in [5, 5.41) is 9.66. The Labute approximate surface area is 147 Å². The zero-order valence-corrected chi connectivity index (χ0v) is 13.6. The van der Waals surface area contributed by atoms with E-state index in [0.717, 1.165) is 23.8 Å². The number of hydrogen-bond acceptors (Lipinski definition) is 3. The Balaban J connectivity index is 1.61. The zero-order valence-electron chi connectivity index (χ0n) is 12.9. The maximum atomic E-state index is 13.5. The summed E-state index contributed by atoms with van der Waals surface area (Å²) in [6, 6.07) is 10.1. The second kappa shape index (κ2) is 7.40. The molecule has 0 saturated heterocycles. The molecular formula is C17H13ClF2N4O. The van der Waals surface area contributed by atoms with Gasteiger partial charge in [-0.05, 0) is 29.8 Å². The highest BCUT2D eigenvalue weighted by Crippen LogP contribution is 2.16. The van der Waals surface area contributed by atoms with Gasteiger partial charge in [-0.25, -0.2) is 13.8 Å². The van der Waals surface area contributed by atoms with E-state index < -0.39 is 17.5 Å². The van der Waals surface area contributed by atoms with Gasteiger partial charge in [0.25, 0.3) is 0 Å². The van der Waals surface area contributed by atoms with E-state index in [0.29, 0.717) is 17.3 Å². The Morgan fingerprint density at radius 3 is 2.68 bits per heavy atom. The smallest absolute Gasteiger partial charge is 0.232 e. The lowest BCUT2D eigenvalue weighted by atomic mass is 10.1. The standard InChI is InChI=1S/C17H13ClF2N4O/c18-11-3-1-10(2-4-11)7-15-22-16(24-23-15)9-17(25)21-14-8-12(19)5-6-13(14)20/h1-6,8H,7,9H2,(H,21,25)(H,22,23,24). The summed E-state index contributed by atoms with van der Waals surface area (Å²) in [7, 11) is 0. The molecule has 0 aliphatic rings. The van der Waals surface area contributed by atoms with Gasteiger partial charge in [0.05, 0.1) is 12.1 Å². The van der Waals surface area contributed by atoms with Crippen LogP contribution in [-0.4, -0.2) is 21.1 Å². The molecule has 3 rings (SSSR count). The number of amides is 1. The van der Waals surface area contributed by atoms with Crippen LogP contribution in [-0.2, 0) is 17.6 Å². The van der Waals surface area contributed by atoms with Crippen LogP contribution in [0.4, 0.5) is 14.5 Å². The Morgan fingerprint density at radius 2 is 1.92 bits per heavy atom. The van der Waals surface area contributed by atoms with Crippen LogP contribution in [0.15, 0.2) is 42.5 Å². The van der Waals surface area contributed by atoms with Crippen molar-refractivity contribution in [2.45, 2.75) is 12.8 Å². The second-order valence-corrected chi connectivity index (χ2v) is 5.79. The second-order valence-electron chi connectivity index (χ2n) is 5.35. The summed E-state index contributed by atoms with van der Waals surface area (Å²) in [5.41, 5.74) is 0.764. The van der Waals surface area contributed by atoms with Crippen LogP contribution in [0.25, 0.3) is 0 Å². The van der Waals surface area contributed by atoms with Gasteiger partial charge in [-0.2, -0.15) is 5.10 Å². The van der Waals surface area contributed by atoms with Crippen molar-refractivity contribution in [3.63, 3.8) is 0 Å². The van der Waals surface area contributed by atoms with Crippen molar-refractivity contribution in [3.8, 4) is 0 Å². The Hall–Kier alpha value is -2.80. The molecule has 128 valence electrons. The average molecular weight is 363 g/mol. The zero-order chi connectivity index (χ0) is 17.8. The molecule has 2 N–H and O–H groups in total. The van der Waals surface area contributed by atoms with Crippen LogP contribution in [0.1, 0.15) is 17.2 Å². The quantitative estimate of drug-likeness (QED) is 0.729. The molecule has 0 radical (unpaired) electrons. The topological polar surface area (TPSA) is 70.7 Å². The average Bonchev–Trinajstić information content (AvgIpc) is 3.00. The molecule has 0 aliphatic carbocycles. The summed E-state index contributed by atoms with van der Waals surface area (Å²) in [5.74, 6) is -1.05. The molecule has 3 aromatic rings. The Morgan fingerprint density at radius 1 is 1.16 bits per heavy atom. The highest BCUT2D eigenvalue weighted by atomic mass is 35.5. The lowest BCUT2D eigenvalue weighted by molar-refractivity contribution is -0.115. The third-order valence-electron chi connectivity index (χ3n) is 3.38. The van der Waals surface area contributed by atoms with E-state index in [9.17, 15) is 13.6 Å². The van der Waals surface area contributed by atoms with E-state index in [1.54, 1.807) is 12.1 Å². The number of anilines is 1. The van der Waals surface area contributed by atoms with Gasteiger partial charge in [0.2, 0.25) is 5.91 Å². The van der Waals surface area contributed by atoms with Gasteiger partial charge in [-0.1, -0.05) is 23.7 Å². The molecule has 8 heteroatoms. The minimum absolute atomic E-state index is 0.160. The molecule has 0 aliphatic heterocycles. The van der Waals surface area contributed by atoms with Gasteiger partial charge in [0.1, 0.15) is 17.5 Å². The molecule has 5 nitrogen and oxygen atoms in total. The number of benzene rings is 2. The first-order chi connectivity index (χ1) is 12.0. The lowest BCUT2D eigenvalue weighted by Gasteiger charge is -2.05. The largest absolute Gasteiger partial charge is 0.323 e. The molecule has 0 spiro atoms. The Kier molecular flexibility index (Phi) is 5.04. The van der Waals surface area contributed by atoms with Crippen molar-refractivity contribution >= 4 is 23.2 Å². The lowest BCUT2D eigenvalue weighted by Crippen LogP contribution is -2.16. The first-order valence-electron chi connectivity index (χ1n) is 7.39. The number of halogens is 3. The normalized spacial score (nSPS) is 10.7. The number of aromatic amines is 1. The highest BCUT2D eigenvalue weighted by molar-refractivity contribution is 6.30. The van der Waals surface area contributed by atoms with E-state index >= 15 is 0 Å². The number of H-pyrrole nitrogens is 1. The molecule has 1 heterocycles. The molecule has 0 fully saturated rings. The van der Waals surface area contributed by atoms with Crippen molar-refractivity contribution in [2.75, 3.05) is 5.32 Å². The molecule has 1 amide bonds. The summed E-state index contributed by atoms with van der Waals surface area (Å²) in [4.78, 5) is 16.2. The van der Waals surface area contributed by atoms with Gasteiger partial charge in [0.15, 0.2) is 5.82 Å². The number of aromatic nitrogens is 3. The number of hydrogen-bond donors (Lipinski definition) is 2. The third kappa shape index (κ3) is 4.60. The minimum Gasteiger partial charge on any atom is -0.323 e. The van der Waals surface area contributed by atoms with E-state index in [1.165, 1.54) is 0 Å². The van der Waals surface area contributed by atoms with Gasteiger partial charge in [0, 0.05) is 17.5 Å². The fraction of sp³-hybridized carbons (Fsp3) is 0.118. The minimum atomic E-state index is -0.715. The van der Waals surface area contributed by atoms with E-state index in [2.05, 4.69) is 20.5 Å².